The van der Waals surface area contributed by atoms with Gasteiger partial charge >= 0.3 is 0 Å². The SMILES string of the molecule is O=C1CC(NCCc2ccccc2F)C(=O)N1c1ccc(I)cc1. The van der Waals surface area contributed by atoms with Crippen molar-refractivity contribution in [2.45, 2.75) is 18.9 Å². The first kappa shape index (κ1) is 17.0. The number of halogens is 2. The summed E-state index contributed by atoms with van der Waals surface area (Å²) in [6.07, 6.45) is 0.594. The van der Waals surface area contributed by atoms with E-state index >= 15 is 0 Å². The molecular weight excluding hydrogens is 422 g/mol. The van der Waals surface area contributed by atoms with Crippen molar-refractivity contribution >= 4 is 40.1 Å². The fraction of sp³-hybridized carbons (Fsp3) is 0.222. The zero-order chi connectivity index (χ0) is 17.1. The Morgan fingerprint density at radius 3 is 2.54 bits per heavy atom. The van der Waals surface area contributed by atoms with Crippen LogP contribution in [0.3, 0.4) is 0 Å². The molecule has 1 saturated heterocycles. The smallest absolute Gasteiger partial charge is 0.251 e. The van der Waals surface area contributed by atoms with Crippen LogP contribution in [0, 0.1) is 9.39 Å². The van der Waals surface area contributed by atoms with Crippen LogP contribution in [0.5, 0.6) is 0 Å². The Bertz CT molecular complexity index is 764. The summed E-state index contributed by atoms with van der Waals surface area (Å²) in [4.78, 5) is 25.9. The summed E-state index contributed by atoms with van der Waals surface area (Å²) in [6.45, 7) is 0.436. The molecule has 1 N–H and O–H groups in total. The van der Waals surface area contributed by atoms with Gasteiger partial charge in [0.2, 0.25) is 5.91 Å². The second-order valence-electron chi connectivity index (χ2n) is 5.60. The molecule has 0 saturated carbocycles. The highest BCUT2D eigenvalue weighted by Crippen LogP contribution is 2.23. The van der Waals surface area contributed by atoms with Gasteiger partial charge in [-0.25, -0.2) is 9.29 Å². The van der Waals surface area contributed by atoms with Gasteiger partial charge in [0.25, 0.3) is 5.91 Å². The van der Waals surface area contributed by atoms with Gasteiger partial charge < -0.3 is 5.32 Å². The van der Waals surface area contributed by atoms with E-state index in [4.69, 9.17) is 0 Å². The second-order valence-corrected chi connectivity index (χ2v) is 6.84. The van der Waals surface area contributed by atoms with E-state index in [0.29, 0.717) is 24.2 Å². The van der Waals surface area contributed by atoms with E-state index in [2.05, 4.69) is 27.9 Å². The lowest BCUT2D eigenvalue weighted by Crippen LogP contribution is -2.39. The Morgan fingerprint density at radius 1 is 1.12 bits per heavy atom. The molecule has 1 unspecified atom stereocenters. The maximum Gasteiger partial charge on any atom is 0.251 e. The van der Waals surface area contributed by atoms with Crippen molar-refractivity contribution in [2.24, 2.45) is 0 Å². The molecule has 1 atom stereocenters. The van der Waals surface area contributed by atoms with Gasteiger partial charge in [0.1, 0.15) is 5.82 Å². The number of benzene rings is 2. The van der Waals surface area contributed by atoms with Gasteiger partial charge in [-0.1, -0.05) is 18.2 Å². The lowest BCUT2D eigenvalue weighted by molar-refractivity contribution is -0.121. The maximum atomic E-state index is 13.6. The summed E-state index contributed by atoms with van der Waals surface area (Å²) in [6, 6.07) is 13.2. The van der Waals surface area contributed by atoms with Crippen LogP contribution < -0.4 is 10.2 Å². The number of rotatable bonds is 5. The first-order valence-corrected chi connectivity index (χ1v) is 8.73. The topological polar surface area (TPSA) is 49.4 Å². The minimum Gasteiger partial charge on any atom is -0.305 e. The largest absolute Gasteiger partial charge is 0.305 e. The monoisotopic (exact) mass is 438 g/mol. The minimum absolute atomic E-state index is 0.127. The van der Waals surface area contributed by atoms with E-state index in [0.717, 1.165) is 3.57 Å². The van der Waals surface area contributed by atoms with Gasteiger partial charge in [0, 0.05) is 10.1 Å². The number of anilines is 1. The van der Waals surface area contributed by atoms with Crippen molar-refractivity contribution in [1.29, 1.82) is 0 Å². The molecule has 0 bridgehead atoms. The van der Waals surface area contributed by atoms with Crippen molar-refractivity contribution in [3.8, 4) is 0 Å². The summed E-state index contributed by atoms with van der Waals surface area (Å²) in [7, 11) is 0. The molecular formula is C18H16FIN2O2. The first-order valence-electron chi connectivity index (χ1n) is 7.65. The highest BCUT2D eigenvalue weighted by molar-refractivity contribution is 14.1. The third-order valence-corrected chi connectivity index (χ3v) is 4.69. The van der Waals surface area contributed by atoms with E-state index < -0.39 is 6.04 Å². The Hall–Kier alpha value is -1.80. The van der Waals surface area contributed by atoms with E-state index in [-0.39, 0.29) is 24.1 Å². The molecule has 3 rings (SSSR count). The number of amides is 2. The lowest BCUT2D eigenvalue weighted by atomic mass is 10.1. The first-order chi connectivity index (χ1) is 11.6. The molecule has 0 aliphatic carbocycles. The number of imide groups is 1. The molecule has 0 radical (unpaired) electrons. The zero-order valence-electron chi connectivity index (χ0n) is 12.8. The van der Waals surface area contributed by atoms with Gasteiger partial charge in [-0.2, -0.15) is 0 Å². The Balaban J connectivity index is 1.62. The molecule has 6 heteroatoms. The average molecular weight is 438 g/mol. The molecule has 1 aliphatic heterocycles. The van der Waals surface area contributed by atoms with Gasteiger partial charge in [0.05, 0.1) is 18.2 Å². The molecule has 24 heavy (non-hydrogen) atoms. The van der Waals surface area contributed by atoms with E-state index in [1.54, 1.807) is 30.3 Å². The molecule has 124 valence electrons. The molecule has 1 heterocycles. The van der Waals surface area contributed by atoms with Crippen LogP contribution in [0.15, 0.2) is 48.5 Å². The van der Waals surface area contributed by atoms with Crippen LogP contribution in [0.2, 0.25) is 0 Å². The van der Waals surface area contributed by atoms with Gasteiger partial charge in [-0.05, 0) is 64.9 Å². The van der Waals surface area contributed by atoms with E-state index in [1.807, 2.05) is 12.1 Å². The van der Waals surface area contributed by atoms with E-state index in [1.165, 1.54) is 11.0 Å². The van der Waals surface area contributed by atoms with Crippen LogP contribution in [0.25, 0.3) is 0 Å². The molecule has 0 spiro atoms. The Morgan fingerprint density at radius 2 is 1.83 bits per heavy atom. The average Bonchev–Trinajstić information content (AvgIpc) is 2.84. The number of nitrogens with zero attached hydrogens (tertiary/aromatic N) is 1. The highest BCUT2D eigenvalue weighted by atomic mass is 127. The van der Waals surface area contributed by atoms with Crippen molar-refractivity contribution in [1.82, 2.24) is 5.32 Å². The minimum atomic E-state index is -0.552. The molecule has 2 aromatic rings. The summed E-state index contributed by atoms with van der Waals surface area (Å²) in [5, 5.41) is 3.07. The standard InChI is InChI=1S/C18H16FIN2O2/c19-15-4-2-1-3-12(15)9-10-21-16-11-17(23)22(18(16)24)14-7-5-13(20)6-8-14/h1-8,16,21H,9-11H2. The van der Waals surface area contributed by atoms with Crippen molar-refractivity contribution < 1.29 is 14.0 Å². The third kappa shape index (κ3) is 3.64. The predicted molar refractivity (Wildman–Crippen MR) is 98.2 cm³/mol. The van der Waals surface area contributed by atoms with Crippen LogP contribution in [-0.2, 0) is 16.0 Å². The summed E-state index contributed by atoms with van der Waals surface area (Å²) in [5.74, 6) is -0.729. The summed E-state index contributed by atoms with van der Waals surface area (Å²) in [5.41, 5.74) is 1.18. The van der Waals surface area contributed by atoms with E-state index in [9.17, 15) is 14.0 Å². The fourth-order valence-electron chi connectivity index (χ4n) is 2.74. The molecule has 2 amide bonds. The number of hydrogen-bond acceptors (Lipinski definition) is 3. The maximum absolute atomic E-state index is 13.6. The predicted octanol–water partition coefficient (Wildman–Crippen LogP) is 2.89. The molecule has 0 aromatic heterocycles. The summed E-state index contributed by atoms with van der Waals surface area (Å²) >= 11 is 2.17. The molecule has 1 aliphatic rings. The second kappa shape index (κ2) is 7.40. The quantitative estimate of drug-likeness (QED) is 0.577. The molecule has 1 fully saturated rings. The van der Waals surface area contributed by atoms with Gasteiger partial charge in [-0.3, -0.25) is 9.59 Å². The van der Waals surface area contributed by atoms with Crippen molar-refractivity contribution in [3.63, 3.8) is 0 Å². The van der Waals surface area contributed by atoms with Crippen molar-refractivity contribution in [3.05, 3.63) is 63.5 Å². The van der Waals surface area contributed by atoms with Gasteiger partial charge in [-0.15, -0.1) is 0 Å². The number of hydrogen-bond donors (Lipinski definition) is 1. The van der Waals surface area contributed by atoms with Crippen LogP contribution in [0.1, 0.15) is 12.0 Å². The van der Waals surface area contributed by atoms with Gasteiger partial charge in [0.15, 0.2) is 0 Å². The number of carbonyl (C=O) groups is 2. The fourth-order valence-corrected chi connectivity index (χ4v) is 3.09. The highest BCUT2D eigenvalue weighted by Gasteiger charge is 2.39. The Labute approximate surface area is 153 Å². The van der Waals surface area contributed by atoms with Crippen LogP contribution in [0.4, 0.5) is 10.1 Å². The lowest BCUT2D eigenvalue weighted by Gasteiger charge is -2.15. The number of nitrogens with one attached hydrogen (secondary N) is 1. The number of carbonyl (C=O) groups excluding carboxylic acids is 2. The normalized spacial score (nSPS) is 17.6. The van der Waals surface area contributed by atoms with Crippen LogP contribution >= 0.6 is 22.6 Å². The van der Waals surface area contributed by atoms with Crippen LogP contribution in [-0.4, -0.2) is 24.4 Å². The zero-order valence-corrected chi connectivity index (χ0v) is 15.0. The molecule has 4 nitrogen and oxygen atoms in total. The Kier molecular flexibility index (Phi) is 5.25. The van der Waals surface area contributed by atoms with Crippen molar-refractivity contribution in [2.75, 3.05) is 11.4 Å². The molecule has 2 aromatic carbocycles. The third-order valence-electron chi connectivity index (χ3n) is 3.97. The summed E-state index contributed by atoms with van der Waals surface area (Å²) < 4.78 is 14.6.